The molecule has 0 saturated carbocycles. The van der Waals surface area contributed by atoms with Gasteiger partial charge in [0.2, 0.25) is 0 Å². The van der Waals surface area contributed by atoms with Crippen LogP contribution in [0.3, 0.4) is 0 Å². The number of H-pyrrole nitrogens is 1. The average molecular weight is 400 g/mol. The van der Waals surface area contributed by atoms with Crippen molar-refractivity contribution in [2.75, 3.05) is 18.0 Å². The van der Waals surface area contributed by atoms with Crippen LogP contribution in [-0.2, 0) is 18.3 Å². The normalized spacial score (nSPS) is 16.2. The number of aromatic nitrogens is 1. The molecule has 4 heteroatoms. The third-order valence-electron chi connectivity index (χ3n) is 6.38. The molecular formula is C26H29N3O. The number of nitrogens with zero attached hydrogens (tertiary/aromatic N) is 2. The zero-order chi connectivity index (χ0) is 21.1. The van der Waals surface area contributed by atoms with Gasteiger partial charge in [0.25, 0.3) is 5.56 Å². The molecule has 3 aromatic rings. The van der Waals surface area contributed by atoms with Crippen LogP contribution < -0.4 is 10.5 Å². The topological polar surface area (TPSA) is 59.9 Å². The number of fused-ring (bicyclic) bond motifs is 1. The number of hydrogen-bond donors (Lipinski definition) is 1. The summed E-state index contributed by atoms with van der Waals surface area (Å²) >= 11 is 0. The first-order valence-corrected chi connectivity index (χ1v) is 10.9. The van der Waals surface area contributed by atoms with Crippen LogP contribution in [-0.4, -0.2) is 18.1 Å². The Hall–Kier alpha value is -3.06. The zero-order valence-electron chi connectivity index (χ0n) is 17.9. The van der Waals surface area contributed by atoms with Crippen molar-refractivity contribution in [3.8, 4) is 6.07 Å². The van der Waals surface area contributed by atoms with E-state index in [1.54, 1.807) is 0 Å². The summed E-state index contributed by atoms with van der Waals surface area (Å²) in [6.07, 6.45) is 5.14. The second-order valence-corrected chi connectivity index (χ2v) is 8.62. The van der Waals surface area contributed by atoms with Crippen LogP contribution in [0.25, 0.3) is 10.9 Å². The summed E-state index contributed by atoms with van der Waals surface area (Å²) in [5.41, 5.74) is 4.20. The van der Waals surface area contributed by atoms with Crippen molar-refractivity contribution in [1.82, 2.24) is 4.98 Å². The number of benzene rings is 2. The molecule has 154 valence electrons. The van der Waals surface area contributed by atoms with Crippen molar-refractivity contribution < 1.29 is 0 Å². The molecule has 0 spiro atoms. The van der Waals surface area contributed by atoms with Gasteiger partial charge >= 0.3 is 0 Å². The quantitative estimate of drug-likeness (QED) is 0.649. The minimum absolute atomic E-state index is 0.0463. The van der Waals surface area contributed by atoms with Crippen LogP contribution in [0.1, 0.15) is 49.8 Å². The van der Waals surface area contributed by atoms with Crippen molar-refractivity contribution >= 4 is 16.6 Å². The molecule has 4 rings (SSSR count). The maximum absolute atomic E-state index is 12.2. The van der Waals surface area contributed by atoms with E-state index in [9.17, 15) is 10.1 Å². The standard InChI is InChI=1S/C26H29N3O/c1-3-20-15-21-10-11-22(16-24(21)28-25(20)30)26(2,18-27)17-19-8-7-9-23(14-19)29-12-5-4-6-13-29/h7-11,14-16H,3-6,12-13,17H2,1-2H3,(H,28,30). The summed E-state index contributed by atoms with van der Waals surface area (Å²) in [6, 6.07) is 19.1. The van der Waals surface area contributed by atoms with E-state index in [1.807, 2.05) is 38.1 Å². The van der Waals surface area contributed by atoms with E-state index in [-0.39, 0.29) is 5.56 Å². The molecule has 1 aliphatic heterocycles. The summed E-state index contributed by atoms with van der Waals surface area (Å²) in [7, 11) is 0. The molecule has 0 bridgehead atoms. The Bertz CT molecular complexity index is 1150. The Kier molecular flexibility index (Phi) is 5.63. The van der Waals surface area contributed by atoms with E-state index in [0.717, 1.165) is 40.7 Å². The number of aromatic amines is 1. The largest absolute Gasteiger partial charge is 0.372 e. The highest BCUT2D eigenvalue weighted by atomic mass is 16.1. The van der Waals surface area contributed by atoms with E-state index >= 15 is 0 Å². The van der Waals surface area contributed by atoms with Crippen LogP contribution in [0.5, 0.6) is 0 Å². The maximum Gasteiger partial charge on any atom is 0.251 e. The van der Waals surface area contributed by atoms with Gasteiger partial charge in [0.15, 0.2) is 0 Å². The number of anilines is 1. The van der Waals surface area contributed by atoms with Gasteiger partial charge in [-0.15, -0.1) is 0 Å². The first-order valence-electron chi connectivity index (χ1n) is 10.9. The number of hydrogen-bond acceptors (Lipinski definition) is 3. The number of pyridine rings is 1. The van der Waals surface area contributed by atoms with E-state index < -0.39 is 5.41 Å². The minimum Gasteiger partial charge on any atom is -0.372 e. The van der Waals surface area contributed by atoms with Gasteiger partial charge in [-0.05, 0) is 79.8 Å². The van der Waals surface area contributed by atoms with E-state index in [4.69, 9.17) is 0 Å². The van der Waals surface area contributed by atoms with E-state index in [2.05, 4.69) is 40.2 Å². The maximum atomic E-state index is 12.2. The summed E-state index contributed by atoms with van der Waals surface area (Å²) in [4.78, 5) is 17.7. The van der Waals surface area contributed by atoms with Gasteiger partial charge in [0.1, 0.15) is 0 Å². The van der Waals surface area contributed by atoms with Gasteiger partial charge in [-0.2, -0.15) is 5.26 Å². The van der Waals surface area contributed by atoms with Crippen molar-refractivity contribution in [2.24, 2.45) is 0 Å². The fourth-order valence-electron chi connectivity index (χ4n) is 4.48. The lowest BCUT2D eigenvalue weighted by Crippen LogP contribution is -2.29. The number of piperidine rings is 1. The molecule has 1 unspecified atom stereocenters. The molecular weight excluding hydrogens is 370 g/mol. The fraction of sp³-hybridized carbons (Fsp3) is 0.385. The zero-order valence-corrected chi connectivity index (χ0v) is 17.9. The van der Waals surface area contributed by atoms with Gasteiger partial charge in [-0.3, -0.25) is 4.79 Å². The van der Waals surface area contributed by atoms with E-state index in [1.165, 1.54) is 24.9 Å². The molecule has 0 aliphatic carbocycles. The van der Waals surface area contributed by atoms with Gasteiger partial charge in [-0.25, -0.2) is 0 Å². The van der Waals surface area contributed by atoms with Crippen LogP contribution in [0.2, 0.25) is 0 Å². The SMILES string of the molecule is CCc1cc2ccc(C(C)(C#N)Cc3cccc(N4CCCCC4)c3)cc2[nH]c1=O. The number of aryl methyl sites for hydroxylation is 1. The molecule has 0 amide bonds. The highest BCUT2D eigenvalue weighted by molar-refractivity contribution is 5.80. The van der Waals surface area contributed by atoms with E-state index in [0.29, 0.717) is 12.8 Å². The lowest BCUT2D eigenvalue weighted by atomic mass is 9.78. The molecule has 4 nitrogen and oxygen atoms in total. The van der Waals surface area contributed by atoms with Gasteiger partial charge < -0.3 is 9.88 Å². The monoisotopic (exact) mass is 399 g/mol. The third kappa shape index (κ3) is 3.98. The minimum atomic E-state index is -0.672. The second kappa shape index (κ2) is 8.36. The Morgan fingerprint density at radius 3 is 2.63 bits per heavy atom. The molecule has 2 aromatic carbocycles. The molecule has 1 N–H and O–H groups in total. The first-order chi connectivity index (χ1) is 14.5. The van der Waals surface area contributed by atoms with Crippen molar-refractivity contribution in [2.45, 2.75) is 51.4 Å². The predicted molar refractivity (Wildman–Crippen MR) is 123 cm³/mol. The molecule has 0 radical (unpaired) electrons. The molecule has 1 fully saturated rings. The number of nitriles is 1. The Balaban J connectivity index is 1.65. The number of rotatable bonds is 5. The fourth-order valence-corrected chi connectivity index (χ4v) is 4.48. The predicted octanol–water partition coefficient (Wildman–Crippen LogP) is 5.10. The average Bonchev–Trinajstić information content (AvgIpc) is 2.79. The van der Waals surface area contributed by atoms with Gasteiger partial charge in [-0.1, -0.05) is 31.2 Å². The van der Waals surface area contributed by atoms with Crippen molar-refractivity contribution in [3.63, 3.8) is 0 Å². The second-order valence-electron chi connectivity index (χ2n) is 8.62. The summed E-state index contributed by atoms with van der Waals surface area (Å²) < 4.78 is 0. The smallest absolute Gasteiger partial charge is 0.251 e. The molecule has 30 heavy (non-hydrogen) atoms. The van der Waals surface area contributed by atoms with Crippen molar-refractivity contribution in [1.29, 1.82) is 5.26 Å². The highest BCUT2D eigenvalue weighted by Crippen LogP contribution is 2.31. The summed E-state index contributed by atoms with van der Waals surface area (Å²) in [5.74, 6) is 0. The molecule has 1 aromatic heterocycles. The van der Waals surface area contributed by atoms with Crippen molar-refractivity contribution in [3.05, 3.63) is 75.6 Å². The van der Waals surface area contributed by atoms with Crippen LogP contribution in [0, 0.1) is 11.3 Å². The third-order valence-corrected chi connectivity index (χ3v) is 6.38. The lowest BCUT2D eigenvalue weighted by molar-refractivity contribution is 0.576. The Morgan fingerprint density at radius 2 is 1.90 bits per heavy atom. The summed E-state index contributed by atoms with van der Waals surface area (Å²) in [5, 5.41) is 11.1. The van der Waals surface area contributed by atoms with Gasteiger partial charge in [0.05, 0.1) is 11.5 Å². The molecule has 1 atom stereocenters. The molecule has 1 aliphatic rings. The number of nitrogens with one attached hydrogen (secondary N) is 1. The summed E-state index contributed by atoms with van der Waals surface area (Å²) in [6.45, 7) is 6.18. The van der Waals surface area contributed by atoms with Gasteiger partial charge in [0, 0.05) is 29.9 Å². The molecule has 1 saturated heterocycles. The highest BCUT2D eigenvalue weighted by Gasteiger charge is 2.28. The Morgan fingerprint density at radius 1 is 1.10 bits per heavy atom. The molecule has 2 heterocycles. The Labute approximate surface area is 178 Å². The van der Waals surface area contributed by atoms with Crippen LogP contribution >= 0.6 is 0 Å². The van der Waals surface area contributed by atoms with Crippen LogP contribution in [0.4, 0.5) is 5.69 Å². The first kappa shape index (κ1) is 20.2. The lowest BCUT2D eigenvalue weighted by Gasteiger charge is -2.29. The van der Waals surface area contributed by atoms with Crippen LogP contribution in [0.15, 0.2) is 53.3 Å².